The number of carbonyl (C=O) groups is 2. The number of hydrogen-bond donors (Lipinski definition) is 2. The van der Waals surface area contributed by atoms with Crippen LogP contribution in [0.15, 0.2) is 114 Å². The van der Waals surface area contributed by atoms with Gasteiger partial charge in [-0.3, -0.25) is 24.0 Å². The highest BCUT2D eigenvalue weighted by Crippen LogP contribution is 2.27. The van der Waals surface area contributed by atoms with Crippen molar-refractivity contribution in [3.8, 4) is 0 Å². The number of nitrogens with zero attached hydrogens (tertiary/aromatic N) is 2. The molecule has 0 aromatic heterocycles. The van der Waals surface area contributed by atoms with Gasteiger partial charge in [0.25, 0.3) is 21.6 Å². The van der Waals surface area contributed by atoms with Gasteiger partial charge in [0.1, 0.15) is 6.54 Å². The van der Waals surface area contributed by atoms with Crippen LogP contribution in [0, 0.1) is 10.1 Å². The Bertz CT molecular complexity index is 1630. The summed E-state index contributed by atoms with van der Waals surface area (Å²) in [6, 6.07) is 27.9. The lowest BCUT2D eigenvalue weighted by Gasteiger charge is -2.24. The van der Waals surface area contributed by atoms with Crippen LogP contribution in [-0.4, -0.2) is 31.7 Å². The van der Waals surface area contributed by atoms with E-state index in [1.807, 2.05) is 37.3 Å². The number of nitro benzene ring substituents is 1. The lowest BCUT2D eigenvalue weighted by molar-refractivity contribution is -0.384. The molecule has 4 aromatic carbocycles. The minimum Gasteiger partial charge on any atom is -0.345 e. The Morgan fingerprint density at radius 1 is 0.875 bits per heavy atom. The zero-order valence-corrected chi connectivity index (χ0v) is 22.2. The van der Waals surface area contributed by atoms with Crippen LogP contribution in [0.25, 0.3) is 0 Å². The first kappa shape index (κ1) is 28.0. The molecule has 40 heavy (non-hydrogen) atoms. The van der Waals surface area contributed by atoms with Gasteiger partial charge in [-0.2, -0.15) is 0 Å². The van der Waals surface area contributed by atoms with Crippen LogP contribution in [0.4, 0.5) is 17.1 Å². The van der Waals surface area contributed by atoms with Gasteiger partial charge in [0, 0.05) is 12.1 Å². The minimum atomic E-state index is -4.29. The van der Waals surface area contributed by atoms with Crippen molar-refractivity contribution < 1.29 is 22.9 Å². The summed E-state index contributed by atoms with van der Waals surface area (Å²) in [7, 11) is -4.29. The van der Waals surface area contributed by atoms with E-state index in [0.717, 1.165) is 15.9 Å². The van der Waals surface area contributed by atoms with Crippen molar-refractivity contribution in [3.05, 3.63) is 130 Å². The van der Waals surface area contributed by atoms with E-state index in [0.29, 0.717) is 0 Å². The van der Waals surface area contributed by atoms with Crippen LogP contribution in [0.5, 0.6) is 0 Å². The Morgan fingerprint density at radius 2 is 1.50 bits per heavy atom. The van der Waals surface area contributed by atoms with Gasteiger partial charge in [-0.05, 0) is 42.8 Å². The number of hydrogen-bond acceptors (Lipinski definition) is 6. The second kappa shape index (κ2) is 12.2. The van der Waals surface area contributed by atoms with Gasteiger partial charge in [-0.25, -0.2) is 8.42 Å². The molecular formula is C29H26N4O6S. The number of carbonyl (C=O) groups excluding carboxylic acids is 2. The van der Waals surface area contributed by atoms with Crippen molar-refractivity contribution in [2.24, 2.45) is 0 Å². The van der Waals surface area contributed by atoms with Crippen molar-refractivity contribution in [1.29, 1.82) is 0 Å². The summed E-state index contributed by atoms with van der Waals surface area (Å²) in [5, 5.41) is 16.9. The van der Waals surface area contributed by atoms with Gasteiger partial charge in [0.15, 0.2) is 0 Å². The number of para-hydroxylation sites is 1. The molecular weight excluding hydrogens is 532 g/mol. The summed E-state index contributed by atoms with van der Waals surface area (Å²) >= 11 is 0. The van der Waals surface area contributed by atoms with Crippen molar-refractivity contribution in [1.82, 2.24) is 5.32 Å². The first-order valence-corrected chi connectivity index (χ1v) is 13.7. The third-order valence-electron chi connectivity index (χ3n) is 6.04. The molecule has 2 N–H and O–H groups in total. The highest BCUT2D eigenvalue weighted by atomic mass is 32.2. The standard InChI is InChI=1S/C29H26N4O6S/c1-21(22-11-4-2-5-12-22)30-29(35)26-17-8-9-18-27(26)31-28(34)20-32(23-13-10-14-24(19-23)33(36)37)40(38,39)25-15-6-3-7-16-25/h2-19,21H,20H2,1H3,(H,30,35)(H,31,34)/t21-/m0/s1. The molecule has 4 rings (SSSR count). The summed E-state index contributed by atoms with van der Waals surface area (Å²) < 4.78 is 27.9. The topological polar surface area (TPSA) is 139 Å². The van der Waals surface area contributed by atoms with E-state index >= 15 is 0 Å². The van der Waals surface area contributed by atoms with Crippen molar-refractivity contribution in [3.63, 3.8) is 0 Å². The van der Waals surface area contributed by atoms with Crippen molar-refractivity contribution in [2.45, 2.75) is 17.9 Å². The molecule has 0 unspecified atom stereocenters. The fourth-order valence-corrected chi connectivity index (χ4v) is 5.44. The molecule has 0 spiro atoms. The normalized spacial score (nSPS) is 11.7. The van der Waals surface area contributed by atoms with Crippen LogP contribution in [0.2, 0.25) is 0 Å². The Labute approximate surface area is 231 Å². The second-order valence-corrected chi connectivity index (χ2v) is 10.7. The fraction of sp³-hybridized carbons (Fsp3) is 0.103. The molecule has 10 nitrogen and oxygen atoms in total. The number of anilines is 2. The quantitative estimate of drug-likeness (QED) is 0.209. The summed E-state index contributed by atoms with van der Waals surface area (Å²) in [6.45, 7) is 1.13. The van der Waals surface area contributed by atoms with E-state index < -0.39 is 33.3 Å². The molecule has 1 atom stereocenters. The lowest BCUT2D eigenvalue weighted by Crippen LogP contribution is -2.38. The zero-order chi connectivity index (χ0) is 28.7. The third kappa shape index (κ3) is 6.51. The van der Waals surface area contributed by atoms with Crippen LogP contribution >= 0.6 is 0 Å². The molecule has 0 saturated heterocycles. The number of nitro groups is 1. The maximum absolute atomic E-state index is 13.5. The molecule has 0 radical (unpaired) electrons. The zero-order valence-electron chi connectivity index (χ0n) is 21.4. The molecule has 2 amide bonds. The Kier molecular flexibility index (Phi) is 8.55. The minimum absolute atomic E-state index is 0.0593. The van der Waals surface area contributed by atoms with E-state index in [4.69, 9.17) is 0 Å². The maximum atomic E-state index is 13.5. The van der Waals surface area contributed by atoms with Crippen LogP contribution < -0.4 is 14.9 Å². The monoisotopic (exact) mass is 558 g/mol. The summed E-state index contributed by atoms with van der Waals surface area (Å²) in [5.41, 5.74) is 0.875. The largest absolute Gasteiger partial charge is 0.345 e. The highest BCUT2D eigenvalue weighted by molar-refractivity contribution is 7.92. The van der Waals surface area contributed by atoms with Crippen LogP contribution in [0.3, 0.4) is 0 Å². The Morgan fingerprint density at radius 3 is 2.17 bits per heavy atom. The number of nitrogens with one attached hydrogen (secondary N) is 2. The number of rotatable bonds is 10. The smallest absolute Gasteiger partial charge is 0.271 e. The van der Waals surface area contributed by atoms with Crippen LogP contribution in [-0.2, 0) is 14.8 Å². The molecule has 4 aromatic rings. The molecule has 0 aliphatic carbocycles. The van der Waals surface area contributed by atoms with Gasteiger partial charge in [0.05, 0.1) is 32.8 Å². The molecule has 0 aliphatic heterocycles. The van der Waals surface area contributed by atoms with Gasteiger partial charge >= 0.3 is 0 Å². The Hall–Kier alpha value is -5.03. The summed E-state index contributed by atoms with van der Waals surface area (Å²) in [5.74, 6) is -1.18. The number of benzene rings is 4. The molecule has 0 heterocycles. The van der Waals surface area contributed by atoms with E-state index in [9.17, 15) is 28.1 Å². The van der Waals surface area contributed by atoms with E-state index in [2.05, 4.69) is 10.6 Å². The van der Waals surface area contributed by atoms with Gasteiger partial charge in [-0.15, -0.1) is 0 Å². The molecule has 11 heteroatoms. The van der Waals surface area contributed by atoms with E-state index in [1.165, 1.54) is 48.5 Å². The SMILES string of the molecule is C[C@H](NC(=O)c1ccccc1NC(=O)CN(c1cccc([N+](=O)[O-])c1)S(=O)(=O)c1ccccc1)c1ccccc1. The van der Waals surface area contributed by atoms with Gasteiger partial charge in [-0.1, -0.05) is 66.7 Å². The average molecular weight is 559 g/mol. The first-order valence-electron chi connectivity index (χ1n) is 12.2. The molecule has 204 valence electrons. The first-order chi connectivity index (χ1) is 19.2. The predicted molar refractivity (Wildman–Crippen MR) is 151 cm³/mol. The van der Waals surface area contributed by atoms with Gasteiger partial charge in [0.2, 0.25) is 5.91 Å². The maximum Gasteiger partial charge on any atom is 0.271 e. The number of amides is 2. The second-order valence-electron chi connectivity index (χ2n) is 8.80. The highest BCUT2D eigenvalue weighted by Gasteiger charge is 2.28. The van der Waals surface area contributed by atoms with Crippen LogP contribution in [0.1, 0.15) is 28.9 Å². The third-order valence-corrected chi connectivity index (χ3v) is 7.83. The van der Waals surface area contributed by atoms with Gasteiger partial charge < -0.3 is 10.6 Å². The predicted octanol–water partition coefficient (Wildman–Crippen LogP) is 4.92. The lowest BCUT2D eigenvalue weighted by atomic mass is 10.1. The van der Waals surface area contributed by atoms with E-state index in [-0.39, 0.29) is 33.6 Å². The fourth-order valence-electron chi connectivity index (χ4n) is 4.01. The number of non-ortho nitro benzene ring substituents is 1. The van der Waals surface area contributed by atoms with E-state index in [1.54, 1.807) is 24.3 Å². The van der Waals surface area contributed by atoms with Crippen molar-refractivity contribution in [2.75, 3.05) is 16.2 Å². The molecule has 0 bridgehead atoms. The number of sulfonamides is 1. The average Bonchev–Trinajstić information content (AvgIpc) is 2.97. The summed E-state index contributed by atoms with van der Waals surface area (Å²) in [4.78, 5) is 36.9. The Balaban J connectivity index is 1.60. The summed E-state index contributed by atoms with van der Waals surface area (Å²) in [6.07, 6.45) is 0. The molecule has 0 aliphatic rings. The van der Waals surface area contributed by atoms with Crippen molar-refractivity contribution >= 4 is 38.9 Å². The molecule has 0 fully saturated rings. The molecule has 0 saturated carbocycles.